The van der Waals surface area contributed by atoms with Gasteiger partial charge in [-0.25, -0.2) is 13.1 Å². The molecular formula is C23H22F3NO2S. The summed E-state index contributed by atoms with van der Waals surface area (Å²) in [6, 6.07) is 19.2. The first-order valence-corrected chi connectivity index (χ1v) is 10.9. The smallest absolute Gasteiger partial charge is 0.207 e. The maximum absolute atomic E-state index is 12.7. The van der Waals surface area contributed by atoms with Crippen molar-refractivity contribution in [1.29, 1.82) is 0 Å². The predicted molar refractivity (Wildman–Crippen MR) is 110 cm³/mol. The molecule has 0 heterocycles. The van der Waals surface area contributed by atoms with Crippen LogP contribution in [-0.4, -0.2) is 8.42 Å². The van der Waals surface area contributed by atoms with Gasteiger partial charge in [0, 0.05) is 6.54 Å². The van der Waals surface area contributed by atoms with Crippen molar-refractivity contribution in [3.63, 3.8) is 0 Å². The molecule has 0 saturated heterocycles. The summed E-state index contributed by atoms with van der Waals surface area (Å²) < 4.78 is 65.7. The van der Waals surface area contributed by atoms with Crippen LogP contribution in [0.2, 0.25) is 0 Å². The van der Waals surface area contributed by atoms with Gasteiger partial charge in [0.05, 0.1) is 10.5 Å². The maximum atomic E-state index is 12.7. The summed E-state index contributed by atoms with van der Waals surface area (Å²) >= 11 is 0. The Kier molecular flexibility index (Phi) is 6.63. The van der Waals surface area contributed by atoms with Crippen LogP contribution in [0.1, 0.15) is 27.8 Å². The van der Waals surface area contributed by atoms with Crippen LogP contribution in [0.5, 0.6) is 0 Å². The summed E-state index contributed by atoms with van der Waals surface area (Å²) in [6.07, 6.45) is -3.20. The number of alkyl halides is 3. The fourth-order valence-corrected chi connectivity index (χ4v) is 4.09. The standard InChI is InChI=1S/C23H22F3NO2S/c1-17-6-14-22(15-7-17)30(28,29)27-16-20-5-3-2-4-19(20)11-8-18-9-12-21(13-10-18)23(24,25)26/h2-7,9-10,12-15,27H,8,11,16H2,1H3. The number of hydrogen-bond donors (Lipinski definition) is 1. The van der Waals surface area contributed by atoms with E-state index in [2.05, 4.69) is 4.72 Å². The Morgan fingerprint density at radius 2 is 1.40 bits per heavy atom. The molecule has 7 heteroatoms. The van der Waals surface area contributed by atoms with Crippen molar-refractivity contribution in [2.45, 2.75) is 37.4 Å². The molecule has 0 aromatic heterocycles. The topological polar surface area (TPSA) is 46.2 Å². The number of benzene rings is 3. The molecule has 0 aliphatic heterocycles. The van der Waals surface area contributed by atoms with Gasteiger partial charge in [-0.05, 0) is 60.7 Å². The van der Waals surface area contributed by atoms with E-state index in [1.807, 2.05) is 31.2 Å². The first-order valence-electron chi connectivity index (χ1n) is 9.44. The van der Waals surface area contributed by atoms with Gasteiger partial charge in [-0.3, -0.25) is 0 Å². The second-order valence-corrected chi connectivity index (χ2v) is 8.87. The monoisotopic (exact) mass is 433 g/mol. The molecule has 0 bridgehead atoms. The first-order chi connectivity index (χ1) is 14.1. The van der Waals surface area contributed by atoms with Crippen molar-refractivity contribution in [3.8, 4) is 0 Å². The zero-order chi connectivity index (χ0) is 21.8. The molecule has 158 valence electrons. The van der Waals surface area contributed by atoms with Crippen molar-refractivity contribution in [1.82, 2.24) is 4.72 Å². The predicted octanol–water partition coefficient (Wildman–Crippen LogP) is 5.28. The molecule has 0 amide bonds. The fraction of sp³-hybridized carbons (Fsp3) is 0.217. The Morgan fingerprint density at radius 1 is 0.800 bits per heavy atom. The van der Waals surface area contributed by atoms with Crippen molar-refractivity contribution >= 4 is 10.0 Å². The van der Waals surface area contributed by atoms with Gasteiger partial charge in [-0.1, -0.05) is 54.1 Å². The summed E-state index contributed by atoms with van der Waals surface area (Å²) in [5.74, 6) is 0. The first kappa shape index (κ1) is 22.1. The molecule has 1 N–H and O–H groups in total. The van der Waals surface area contributed by atoms with Crippen LogP contribution < -0.4 is 4.72 Å². The third-order valence-corrected chi connectivity index (χ3v) is 6.28. The highest BCUT2D eigenvalue weighted by molar-refractivity contribution is 7.89. The normalized spacial score (nSPS) is 12.1. The molecule has 3 aromatic carbocycles. The molecule has 0 unspecified atom stereocenters. The molecule has 30 heavy (non-hydrogen) atoms. The van der Waals surface area contributed by atoms with Crippen LogP contribution in [0.4, 0.5) is 13.2 Å². The zero-order valence-corrected chi connectivity index (χ0v) is 17.2. The Balaban J connectivity index is 1.66. The quantitative estimate of drug-likeness (QED) is 0.551. The Labute approximate surface area is 174 Å². The van der Waals surface area contributed by atoms with Gasteiger partial charge in [0.15, 0.2) is 0 Å². The second kappa shape index (κ2) is 9.02. The minimum Gasteiger partial charge on any atom is -0.207 e. The average molecular weight is 433 g/mol. The van der Waals surface area contributed by atoms with Gasteiger partial charge in [-0.15, -0.1) is 0 Å². The highest BCUT2D eigenvalue weighted by atomic mass is 32.2. The van der Waals surface area contributed by atoms with Crippen molar-refractivity contribution < 1.29 is 21.6 Å². The summed E-state index contributed by atoms with van der Waals surface area (Å²) in [6.45, 7) is 2.02. The fourth-order valence-electron chi connectivity index (χ4n) is 3.09. The molecule has 0 aliphatic carbocycles. The van der Waals surface area contributed by atoms with Crippen LogP contribution in [-0.2, 0) is 35.6 Å². The molecule has 0 aliphatic rings. The van der Waals surface area contributed by atoms with Crippen LogP contribution in [0.25, 0.3) is 0 Å². The highest BCUT2D eigenvalue weighted by Crippen LogP contribution is 2.29. The summed E-state index contributed by atoms with van der Waals surface area (Å²) in [5.41, 5.74) is 2.88. The van der Waals surface area contributed by atoms with E-state index in [0.29, 0.717) is 12.8 Å². The number of halogens is 3. The van der Waals surface area contributed by atoms with Crippen molar-refractivity contribution in [2.75, 3.05) is 0 Å². The molecule has 3 nitrogen and oxygen atoms in total. The van der Waals surface area contributed by atoms with E-state index in [0.717, 1.165) is 34.4 Å². The second-order valence-electron chi connectivity index (χ2n) is 7.10. The van der Waals surface area contributed by atoms with Gasteiger partial charge in [0.1, 0.15) is 0 Å². The van der Waals surface area contributed by atoms with E-state index >= 15 is 0 Å². The lowest BCUT2D eigenvalue weighted by Gasteiger charge is -2.12. The molecular weight excluding hydrogens is 411 g/mol. The lowest BCUT2D eigenvalue weighted by molar-refractivity contribution is -0.137. The zero-order valence-electron chi connectivity index (χ0n) is 16.4. The lowest BCUT2D eigenvalue weighted by atomic mass is 9.99. The van der Waals surface area contributed by atoms with E-state index in [9.17, 15) is 21.6 Å². The Bertz CT molecular complexity index is 1090. The van der Waals surface area contributed by atoms with E-state index in [1.54, 1.807) is 24.3 Å². The van der Waals surface area contributed by atoms with Crippen LogP contribution in [0, 0.1) is 6.92 Å². The number of rotatable bonds is 7. The lowest BCUT2D eigenvalue weighted by Crippen LogP contribution is -2.23. The van der Waals surface area contributed by atoms with Crippen LogP contribution >= 0.6 is 0 Å². The van der Waals surface area contributed by atoms with Crippen molar-refractivity contribution in [2.24, 2.45) is 0 Å². The van der Waals surface area contributed by atoms with E-state index in [1.165, 1.54) is 12.1 Å². The van der Waals surface area contributed by atoms with Gasteiger partial charge in [0.25, 0.3) is 0 Å². The van der Waals surface area contributed by atoms with Gasteiger partial charge in [-0.2, -0.15) is 13.2 Å². The summed E-state index contributed by atoms with van der Waals surface area (Å²) in [5, 5.41) is 0. The minimum absolute atomic E-state index is 0.138. The van der Waals surface area contributed by atoms with E-state index in [-0.39, 0.29) is 11.4 Å². The number of nitrogens with one attached hydrogen (secondary N) is 1. The molecule has 3 rings (SSSR count). The van der Waals surface area contributed by atoms with E-state index < -0.39 is 21.8 Å². The third kappa shape index (κ3) is 5.70. The summed E-state index contributed by atoms with van der Waals surface area (Å²) in [4.78, 5) is 0.204. The number of sulfonamides is 1. The minimum atomic E-state index is -4.35. The molecule has 3 aromatic rings. The van der Waals surface area contributed by atoms with Gasteiger partial charge in [0.2, 0.25) is 10.0 Å². The molecule has 0 fully saturated rings. The number of aryl methyl sites for hydroxylation is 3. The largest absolute Gasteiger partial charge is 0.416 e. The summed E-state index contributed by atoms with van der Waals surface area (Å²) in [7, 11) is -3.63. The SMILES string of the molecule is Cc1ccc(S(=O)(=O)NCc2ccccc2CCc2ccc(C(F)(F)F)cc2)cc1. The van der Waals surface area contributed by atoms with E-state index in [4.69, 9.17) is 0 Å². The Morgan fingerprint density at radius 3 is 2.00 bits per heavy atom. The highest BCUT2D eigenvalue weighted by Gasteiger charge is 2.29. The molecule has 0 atom stereocenters. The Hall–Kier alpha value is -2.64. The average Bonchev–Trinajstić information content (AvgIpc) is 2.71. The van der Waals surface area contributed by atoms with Crippen molar-refractivity contribution in [3.05, 3.63) is 101 Å². The van der Waals surface area contributed by atoms with Crippen LogP contribution in [0.15, 0.2) is 77.7 Å². The molecule has 0 saturated carbocycles. The van der Waals surface area contributed by atoms with Gasteiger partial charge >= 0.3 is 6.18 Å². The maximum Gasteiger partial charge on any atom is 0.416 e. The van der Waals surface area contributed by atoms with Crippen LogP contribution in [0.3, 0.4) is 0 Å². The molecule has 0 radical (unpaired) electrons. The molecule has 0 spiro atoms. The third-order valence-electron chi connectivity index (χ3n) is 4.87. The number of hydrogen-bond acceptors (Lipinski definition) is 2. The van der Waals surface area contributed by atoms with Gasteiger partial charge < -0.3 is 0 Å².